The topological polar surface area (TPSA) is 137 Å². The van der Waals surface area contributed by atoms with Crippen molar-refractivity contribution in [3.63, 3.8) is 0 Å². The molecular formula is C19H12N4O5S. The summed E-state index contributed by atoms with van der Waals surface area (Å²) in [5, 5.41) is 13.5. The third kappa shape index (κ3) is 3.25. The van der Waals surface area contributed by atoms with Crippen molar-refractivity contribution in [1.29, 1.82) is 0 Å². The molecule has 3 N–H and O–H groups in total. The van der Waals surface area contributed by atoms with Crippen molar-refractivity contribution in [1.82, 2.24) is 9.88 Å². The van der Waals surface area contributed by atoms with Gasteiger partial charge < -0.3 is 5.73 Å². The molecule has 0 unspecified atom stereocenters. The van der Waals surface area contributed by atoms with Crippen LogP contribution in [-0.2, 0) is 0 Å². The van der Waals surface area contributed by atoms with Gasteiger partial charge in [-0.2, -0.15) is 0 Å². The number of nitro benzene ring substituents is 1. The van der Waals surface area contributed by atoms with Gasteiger partial charge in [-0.05, 0) is 18.2 Å². The number of nitro groups is 1. The van der Waals surface area contributed by atoms with E-state index in [2.05, 4.69) is 5.32 Å². The lowest BCUT2D eigenvalue weighted by molar-refractivity contribution is -0.385. The molecule has 2 amide bonds. The summed E-state index contributed by atoms with van der Waals surface area (Å²) in [6, 6.07) is 14.3. The van der Waals surface area contributed by atoms with Crippen LogP contribution in [0, 0.1) is 10.1 Å². The van der Waals surface area contributed by atoms with Crippen LogP contribution in [0.5, 0.6) is 0 Å². The van der Waals surface area contributed by atoms with E-state index >= 15 is 0 Å². The van der Waals surface area contributed by atoms with Crippen molar-refractivity contribution < 1.29 is 14.5 Å². The number of nitrogens with one attached hydrogen (secondary N) is 1. The SMILES string of the molecule is Nc1c2c(cc(=O)n1-c1cc(Sc3ccccc3)cc([N+](=O)[O-])c1)C(=O)NC2=O. The van der Waals surface area contributed by atoms with Gasteiger partial charge in [0.2, 0.25) is 0 Å². The molecule has 10 heteroatoms. The highest BCUT2D eigenvalue weighted by Crippen LogP contribution is 2.33. The van der Waals surface area contributed by atoms with Crippen LogP contribution in [0.3, 0.4) is 0 Å². The smallest absolute Gasteiger partial charge is 0.272 e. The van der Waals surface area contributed by atoms with Gasteiger partial charge in [0.15, 0.2) is 0 Å². The molecule has 4 rings (SSSR count). The van der Waals surface area contributed by atoms with Crippen molar-refractivity contribution in [3.05, 3.63) is 86.2 Å². The molecule has 0 saturated heterocycles. The van der Waals surface area contributed by atoms with Crippen LogP contribution in [0.15, 0.2) is 69.2 Å². The highest BCUT2D eigenvalue weighted by atomic mass is 32.2. The normalized spacial score (nSPS) is 12.6. The molecule has 0 saturated carbocycles. The third-order valence-electron chi connectivity index (χ3n) is 4.28. The average Bonchev–Trinajstić information content (AvgIpc) is 2.96. The average molecular weight is 408 g/mol. The van der Waals surface area contributed by atoms with Gasteiger partial charge in [-0.15, -0.1) is 0 Å². The number of anilines is 1. The summed E-state index contributed by atoms with van der Waals surface area (Å²) in [5.41, 5.74) is 4.98. The van der Waals surface area contributed by atoms with Crippen LogP contribution in [0.25, 0.3) is 5.69 Å². The Morgan fingerprint density at radius 2 is 1.69 bits per heavy atom. The lowest BCUT2D eigenvalue weighted by Crippen LogP contribution is -2.24. The second kappa shape index (κ2) is 6.91. The fourth-order valence-corrected chi connectivity index (χ4v) is 3.96. The highest BCUT2D eigenvalue weighted by molar-refractivity contribution is 7.99. The number of non-ortho nitro benzene ring substituents is 1. The van der Waals surface area contributed by atoms with Gasteiger partial charge in [0.1, 0.15) is 5.82 Å². The van der Waals surface area contributed by atoms with E-state index in [1.54, 1.807) is 6.07 Å². The molecule has 0 atom stereocenters. The van der Waals surface area contributed by atoms with Gasteiger partial charge >= 0.3 is 0 Å². The molecule has 3 aromatic rings. The van der Waals surface area contributed by atoms with E-state index in [-0.39, 0.29) is 28.3 Å². The molecule has 29 heavy (non-hydrogen) atoms. The van der Waals surface area contributed by atoms with Gasteiger partial charge in [0.05, 0.1) is 21.7 Å². The van der Waals surface area contributed by atoms with E-state index in [0.29, 0.717) is 4.90 Å². The minimum atomic E-state index is -0.722. The standard InChI is InChI=1S/C19H12N4O5S/c20-17-16-14(18(25)21-19(16)26)9-15(24)22(17)10-6-11(23(27)28)8-13(7-10)29-12-4-2-1-3-5-12/h1-9H,20H2,(H,21,25,26). The molecule has 1 aromatic heterocycles. The first-order valence-electron chi connectivity index (χ1n) is 8.29. The number of carbonyl (C=O) groups excluding carboxylic acids is 2. The van der Waals surface area contributed by atoms with E-state index in [4.69, 9.17) is 5.73 Å². The minimum Gasteiger partial charge on any atom is -0.384 e. The molecule has 0 fully saturated rings. The highest BCUT2D eigenvalue weighted by Gasteiger charge is 2.32. The zero-order chi connectivity index (χ0) is 20.7. The van der Waals surface area contributed by atoms with Crippen molar-refractivity contribution in [3.8, 4) is 5.69 Å². The first-order chi connectivity index (χ1) is 13.8. The Morgan fingerprint density at radius 3 is 2.38 bits per heavy atom. The molecule has 9 nitrogen and oxygen atoms in total. The Labute approximate surface area is 167 Å². The number of amides is 2. The number of nitrogens with zero attached hydrogens (tertiary/aromatic N) is 2. The first-order valence-corrected chi connectivity index (χ1v) is 9.11. The molecule has 0 radical (unpaired) electrons. The van der Waals surface area contributed by atoms with E-state index < -0.39 is 22.3 Å². The molecule has 0 bridgehead atoms. The maximum atomic E-state index is 12.6. The Kier molecular flexibility index (Phi) is 4.40. The maximum absolute atomic E-state index is 12.6. The van der Waals surface area contributed by atoms with Gasteiger partial charge in [-0.3, -0.25) is 34.4 Å². The molecule has 0 aliphatic carbocycles. The first kappa shape index (κ1) is 18.4. The molecule has 1 aliphatic rings. The summed E-state index contributed by atoms with van der Waals surface area (Å²) in [4.78, 5) is 48.6. The number of hydrogen-bond acceptors (Lipinski definition) is 7. The molecular weight excluding hydrogens is 396 g/mol. The summed E-state index contributed by atoms with van der Waals surface area (Å²) < 4.78 is 0.985. The molecule has 1 aliphatic heterocycles. The van der Waals surface area contributed by atoms with E-state index in [1.165, 1.54) is 23.9 Å². The quantitative estimate of drug-likeness (QED) is 0.384. The predicted molar refractivity (Wildman–Crippen MR) is 105 cm³/mol. The molecule has 144 valence electrons. The summed E-state index contributed by atoms with van der Waals surface area (Å²) in [6.45, 7) is 0. The zero-order valence-corrected chi connectivity index (χ0v) is 15.4. The summed E-state index contributed by atoms with van der Waals surface area (Å²) in [7, 11) is 0. The number of nitrogens with two attached hydrogens (primary N) is 1. The number of rotatable bonds is 4. The number of carbonyl (C=O) groups is 2. The largest absolute Gasteiger partial charge is 0.384 e. The second-order valence-corrected chi connectivity index (χ2v) is 7.28. The van der Waals surface area contributed by atoms with Gasteiger partial charge in [0.25, 0.3) is 23.1 Å². The van der Waals surface area contributed by atoms with Crippen LogP contribution >= 0.6 is 11.8 Å². The fourth-order valence-electron chi connectivity index (χ4n) is 3.03. The number of aromatic nitrogens is 1. The van der Waals surface area contributed by atoms with Crippen LogP contribution < -0.4 is 16.6 Å². The number of benzene rings is 2. The molecule has 2 aromatic carbocycles. The third-order valence-corrected chi connectivity index (χ3v) is 5.26. The number of imide groups is 1. The second-order valence-electron chi connectivity index (χ2n) is 6.13. The fraction of sp³-hybridized carbons (Fsp3) is 0. The number of pyridine rings is 1. The predicted octanol–water partition coefficient (Wildman–Crippen LogP) is 2.36. The lowest BCUT2D eigenvalue weighted by Gasteiger charge is -2.13. The molecule has 2 heterocycles. The molecule has 0 spiro atoms. The van der Waals surface area contributed by atoms with E-state index in [9.17, 15) is 24.5 Å². The van der Waals surface area contributed by atoms with Gasteiger partial charge in [-0.1, -0.05) is 30.0 Å². The van der Waals surface area contributed by atoms with Crippen LogP contribution in [0.4, 0.5) is 11.5 Å². The van der Waals surface area contributed by atoms with E-state index in [1.807, 2.05) is 30.3 Å². The number of hydrogen-bond donors (Lipinski definition) is 2. The Morgan fingerprint density at radius 1 is 0.966 bits per heavy atom. The van der Waals surface area contributed by atoms with Crippen molar-refractivity contribution in [2.75, 3.05) is 5.73 Å². The van der Waals surface area contributed by atoms with E-state index in [0.717, 1.165) is 15.5 Å². The minimum absolute atomic E-state index is 0.113. The Bertz CT molecular complexity index is 1250. The van der Waals surface area contributed by atoms with Crippen LogP contribution in [0.2, 0.25) is 0 Å². The summed E-state index contributed by atoms with van der Waals surface area (Å²) in [5.74, 6) is -1.69. The van der Waals surface area contributed by atoms with Gasteiger partial charge in [0, 0.05) is 28.0 Å². The van der Waals surface area contributed by atoms with Crippen molar-refractivity contribution >= 4 is 35.1 Å². The summed E-state index contributed by atoms with van der Waals surface area (Å²) >= 11 is 1.27. The van der Waals surface area contributed by atoms with Crippen molar-refractivity contribution in [2.45, 2.75) is 9.79 Å². The monoisotopic (exact) mass is 408 g/mol. The summed E-state index contributed by atoms with van der Waals surface area (Å²) in [6.07, 6.45) is 0. The zero-order valence-electron chi connectivity index (χ0n) is 14.6. The van der Waals surface area contributed by atoms with Crippen molar-refractivity contribution in [2.24, 2.45) is 0 Å². The van der Waals surface area contributed by atoms with Crippen LogP contribution in [-0.4, -0.2) is 21.3 Å². The number of fused-ring (bicyclic) bond motifs is 1. The lowest BCUT2D eigenvalue weighted by atomic mass is 10.1. The Hall–Kier alpha value is -3.92. The number of nitrogen functional groups attached to an aromatic ring is 1. The Balaban J connectivity index is 1.91. The van der Waals surface area contributed by atoms with Crippen LogP contribution in [0.1, 0.15) is 20.7 Å². The van der Waals surface area contributed by atoms with Gasteiger partial charge in [-0.25, -0.2) is 0 Å². The maximum Gasteiger partial charge on any atom is 0.272 e.